The predicted octanol–water partition coefficient (Wildman–Crippen LogP) is 2.82. The fraction of sp³-hybridized carbons (Fsp3) is 0.167. The van der Waals surface area contributed by atoms with Gasteiger partial charge in [-0.1, -0.05) is 33.8 Å². The summed E-state index contributed by atoms with van der Waals surface area (Å²) in [6.07, 6.45) is 2.46. The highest BCUT2D eigenvalue weighted by molar-refractivity contribution is 9.10. The lowest BCUT2D eigenvalue weighted by atomic mass is 10.1. The number of carbonyl (C=O) groups is 2. The molecule has 1 unspecified atom stereocenters. The van der Waals surface area contributed by atoms with Crippen molar-refractivity contribution in [1.29, 1.82) is 0 Å². The molecule has 2 amide bonds. The summed E-state index contributed by atoms with van der Waals surface area (Å²) in [7, 11) is 0. The number of fused-ring (bicyclic) bond motifs is 1. The summed E-state index contributed by atoms with van der Waals surface area (Å²) in [6.45, 7) is 0. The lowest BCUT2D eigenvalue weighted by molar-refractivity contribution is -0.118. The van der Waals surface area contributed by atoms with Crippen molar-refractivity contribution in [3.8, 4) is 0 Å². The average molecular weight is 325 g/mol. The molecule has 1 aromatic carbocycles. The van der Waals surface area contributed by atoms with E-state index in [1.165, 1.54) is 0 Å². The van der Waals surface area contributed by atoms with Crippen molar-refractivity contribution in [1.82, 2.24) is 10.3 Å². The minimum absolute atomic E-state index is 0.198. The van der Waals surface area contributed by atoms with E-state index < -0.39 is 0 Å². The Balaban J connectivity index is 1.91. The highest BCUT2D eigenvalue weighted by atomic mass is 79.9. The first-order chi connectivity index (χ1) is 8.63. The normalized spacial score (nSPS) is 19.5. The number of H-pyrrole nitrogens is 1. The minimum Gasteiger partial charge on any atom is -0.361 e. The van der Waals surface area contributed by atoms with Gasteiger partial charge in [-0.05, 0) is 24.1 Å². The quantitative estimate of drug-likeness (QED) is 0.892. The number of rotatable bonds is 2. The lowest BCUT2D eigenvalue weighted by Gasteiger charge is -2.03. The van der Waals surface area contributed by atoms with Gasteiger partial charge in [0.15, 0.2) is 0 Å². The third-order valence-electron chi connectivity index (χ3n) is 2.90. The zero-order valence-corrected chi connectivity index (χ0v) is 11.6. The molecule has 4 nitrogen and oxygen atoms in total. The second kappa shape index (κ2) is 4.44. The van der Waals surface area contributed by atoms with Crippen LogP contribution in [0.25, 0.3) is 10.9 Å². The van der Waals surface area contributed by atoms with E-state index in [9.17, 15) is 9.59 Å². The van der Waals surface area contributed by atoms with Crippen LogP contribution < -0.4 is 5.32 Å². The summed E-state index contributed by atoms with van der Waals surface area (Å²) in [5.41, 5.74) is 2.08. The van der Waals surface area contributed by atoms with E-state index in [0.29, 0.717) is 6.42 Å². The van der Waals surface area contributed by atoms with E-state index in [2.05, 4.69) is 26.2 Å². The van der Waals surface area contributed by atoms with Gasteiger partial charge >= 0.3 is 0 Å². The minimum atomic E-state index is -0.319. The first-order valence-electron chi connectivity index (χ1n) is 5.40. The number of nitrogens with one attached hydrogen (secondary N) is 2. The van der Waals surface area contributed by atoms with E-state index in [1.54, 1.807) is 0 Å². The number of aromatic nitrogens is 1. The van der Waals surface area contributed by atoms with Crippen LogP contribution in [-0.4, -0.2) is 21.4 Å². The monoisotopic (exact) mass is 324 g/mol. The first kappa shape index (κ1) is 11.8. The maximum atomic E-state index is 11.5. The second-order valence-electron chi connectivity index (χ2n) is 4.09. The zero-order chi connectivity index (χ0) is 12.7. The molecule has 1 atom stereocenters. The van der Waals surface area contributed by atoms with Gasteiger partial charge in [-0.25, -0.2) is 0 Å². The smallest absolute Gasteiger partial charge is 0.286 e. The van der Waals surface area contributed by atoms with E-state index in [1.807, 2.05) is 24.4 Å². The molecule has 18 heavy (non-hydrogen) atoms. The van der Waals surface area contributed by atoms with Crippen LogP contribution >= 0.6 is 27.7 Å². The van der Waals surface area contributed by atoms with Crippen LogP contribution in [0.4, 0.5) is 4.79 Å². The van der Waals surface area contributed by atoms with Crippen LogP contribution in [0.2, 0.25) is 0 Å². The molecule has 0 radical (unpaired) electrons. The number of benzene rings is 1. The van der Waals surface area contributed by atoms with Crippen LogP contribution in [-0.2, 0) is 11.2 Å². The predicted molar refractivity (Wildman–Crippen MR) is 74.6 cm³/mol. The molecule has 0 saturated carbocycles. The molecular weight excluding hydrogens is 316 g/mol. The summed E-state index contributed by atoms with van der Waals surface area (Å²) in [4.78, 5) is 25.8. The van der Waals surface area contributed by atoms with Gasteiger partial charge in [0.1, 0.15) is 0 Å². The molecule has 3 rings (SSSR count). The number of carbonyl (C=O) groups excluding carboxylic acids is 2. The van der Waals surface area contributed by atoms with Crippen molar-refractivity contribution in [2.24, 2.45) is 0 Å². The molecule has 1 aliphatic rings. The zero-order valence-electron chi connectivity index (χ0n) is 9.20. The van der Waals surface area contributed by atoms with Crippen molar-refractivity contribution in [2.75, 3.05) is 0 Å². The molecular formula is C12H9BrN2O2S. The van der Waals surface area contributed by atoms with Gasteiger partial charge in [-0.3, -0.25) is 14.9 Å². The largest absolute Gasteiger partial charge is 0.361 e. The Hall–Kier alpha value is -1.27. The Morgan fingerprint density at radius 1 is 1.33 bits per heavy atom. The van der Waals surface area contributed by atoms with E-state index in [4.69, 9.17) is 0 Å². The summed E-state index contributed by atoms with van der Waals surface area (Å²) in [5.74, 6) is -0.198. The van der Waals surface area contributed by atoms with Crippen molar-refractivity contribution in [3.63, 3.8) is 0 Å². The van der Waals surface area contributed by atoms with Gasteiger partial charge in [0, 0.05) is 21.6 Å². The molecule has 1 saturated heterocycles. The van der Waals surface area contributed by atoms with Crippen LogP contribution in [0.3, 0.4) is 0 Å². The fourth-order valence-electron chi connectivity index (χ4n) is 2.05. The summed E-state index contributed by atoms with van der Waals surface area (Å²) < 4.78 is 1.01. The highest BCUT2D eigenvalue weighted by Crippen LogP contribution is 2.28. The number of hydrogen-bond acceptors (Lipinski definition) is 3. The Labute approximate surface area is 116 Å². The molecule has 92 valence electrons. The third-order valence-corrected chi connectivity index (χ3v) is 4.38. The number of amides is 2. The number of thioether (sulfide) groups is 1. The van der Waals surface area contributed by atoms with Crippen molar-refractivity contribution in [3.05, 3.63) is 34.4 Å². The Morgan fingerprint density at radius 3 is 2.89 bits per heavy atom. The van der Waals surface area contributed by atoms with Crippen LogP contribution in [0, 0.1) is 0 Å². The number of halogens is 1. The molecule has 2 heterocycles. The van der Waals surface area contributed by atoms with Gasteiger partial charge in [0.2, 0.25) is 5.91 Å². The Kier molecular flexibility index (Phi) is 2.91. The van der Waals surface area contributed by atoms with E-state index >= 15 is 0 Å². The molecule has 0 aliphatic carbocycles. The van der Waals surface area contributed by atoms with Crippen molar-refractivity contribution < 1.29 is 9.59 Å². The molecule has 1 aromatic heterocycles. The molecule has 1 fully saturated rings. The number of aromatic amines is 1. The highest BCUT2D eigenvalue weighted by Gasteiger charge is 2.31. The SMILES string of the molecule is O=C1NC(=O)C(Cc2c[nH]c3cc(Br)ccc23)S1. The number of imide groups is 1. The van der Waals surface area contributed by atoms with Crippen molar-refractivity contribution in [2.45, 2.75) is 11.7 Å². The van der Waals surface area contributed by atoms with Gasteiger partial charge in [-0.2, -0.15) is 0 Å². The third kappa shape index (κ3) is 2.06. The van der Waals surface area contributed by atoms with Gasteiger partial charge < -0.3 is 4.98 Å². The fourth-order valence-corrected chi connectivity index (χ4v) is 3.26. The summed E-state index contributed by atoms with van der Waals surface area (Å²) in [5, 5.41) is 2.82. The van der Waals surface area contributed by atoms with E-state index in [-0.39, 0.29) is 16.4 Å². The summed E-state index contributed by atoms with van der Waals surface area (Å²) in [6, 6.07) is 5.96. The molecule has 6 heteroatoms. The average Bonchev–Trinajstić information content (AvgIpc) is 2.84. The van der Waals surface area contributed by atoms with Gasteiger partial charge in [-0.15, -0.1) is 0 Å². The molecule has 1 aliphatic heterocycles. The van der Waals surface area contributed by atoms with Crippen LogP contribution in [0.5, 0.6) is 0 Å². The maximum absolute atomic E-state index is 11.5. The van der Waals surface area contributed by atoms with Crippen molar-refractivity contribution >= 4 is 49.7 Å². The molecule has 2 aromatic rings. The second-order valence-corrected chi connectivity index (χ2v) is 6.18. The Bertz CT molecular complexity index is 653. The lowest BCUT2D eigenvalue weighted by Crippen LogP contribution is -2.25. The van der Waals surface area contributed by atoms with Crippen LogP contribution in [0.1, 0.15) is 5.56 Å². The maximum Gasteiger partial charge on any atom is 0.286 e. The van der Waals surface area contributed by atoms with Gasteiger partial charge in [0.05, 0.1) is 5.25 Å². The van der Waals surface area contributed by atoms with Gasteiger partial charge in [0.25, 0.3) is 5.24 Å². The molecule has 2 N–H and O–H groups in total. The first-order valence-corrected chi connectivity index (χ1v) is 7.08. The molecule has 0 spiro atoms. The molecule has 0 bridgehead atoms. The standard InChI is InChI=1S/C12H9BrN2O2S/c13-7-1-2-8-6(5-14-9(8)4-7)3-10-11(16)15-12(17)18-10/h1-2,4-5,10,14H,3H2,(H,15,16,17). The topological polar surface area (TPSA) is 62.0 Å². The van der Waals surface area contributed by atoms with Crippen LogP contribution in [0.15, 0.2) is 28.9 Å². The number of hydrogen-bond donors (Lipinski definition) is 2. The summed E-state index contributed by atoms with van der Waals surface area (Å²) >= 11 is 4.48. The Morgan fingerprint density at radius 2 is 2.17 bits per heavy atom. The van der Waals surface area contributed by atoms with E-state index in [0.717, 1.165) is 32.7 Å².